The molecule has 0 spiro atoms. The van der Waals surface area contributed by atoms with Gasteiger partial charge in [-0.25, -0.2) is 4.39 Å². The third-order valence-electron chi connectivity index (χ3n) is 2.89. The van der Waals surface area contributed by atoms with Gasteiger partial charge in [-0.05, 0) is 31.7 Å². The molecule has 0 amide bonds. The Kier molecular flexibility index (Phi) is 4.44. The highest BCUT2D eigenvalue weighted by Gasteiger charge is 2.12. The topological polar surface area (TPSA) is 24.9 Å². The van der Waals surface area contributed by atoms with E-state index in [9.17, 15) is 4.39 Å². The van der Waals surface area contributed by atoms with E-state index in [4.69, 9.17) is 0 Å². The Morgan fingerprint density at radius 2 is 2.22 bits per heavy atom. The second-order valence-corrected chi connectivity index (χ2v) is 5.34. The van der Waals surface area contributed by atoms with E-state index in [1.807, 2.05) is 13.1 Å². The minimum Gasteiger partial charge on any atom is -0.312 e. The van der Waals surface area contributed by atoms with Crippen molar-refractivity contribution in [1.82, 2.24) is 10.3 Å². The third-order valence-corrected chi connectivity index (χ3v) is 4.13. The quantitative estimate of drug-likeness (QED) is 0.882. The van der Waals surface area contributed by atoms with Crippen molar-refractivity contribution in [1.29, 1.82) is 0 Å². The number of nitrogens with zero attached hydrogens (tertiary/aromatic N) is 1. The molecule has 1 N–H and O–H groups in total. The molecular weight excluding hydrogens is 247 g/mol. The lowest BCUT2D eigenvalue weighted by atomic mass is 10.1. The van der Waals surface area contributed by atoms with Crippen LogP contribution in [0.1, 0.15) is 30.7 Å². The van der Waals surface area contributed by atoms with Gasteiger partial charge in [0.05, 0.1) is 6.20 Å². The van der Waals surface area contributed by atoms with E-state index in [0.29, 0.717) is 6.04 Å². The van der Waals surface area contributed by atoms with Crippen molar-refractivity contribution in [2.24, 2.45) is 0 Å². The molecule has 96 valence electrons. The van der Waals surface area contributed by atoms with Crippen LogP contribution in [0.5, 0.6) is 0 Å². The summed E-state index contributed by atoms with van der Waals surface area (Å²) in [6.45, 7) is 2.18. The van der Waals surface area contributed by atoms with Crippen LogP contribution in [-0.2, 0) is 0 Å². The zero-order valence-electron chi connectivity index (χ0n) is 10.6. The van der Waals surface area contributed by atoms with Crippen molar-refractivity contribution in [3.63, 3.8) is 0 Å². The molecule has 0 fully saturated rings. The molecular formula is C14H17FN2S. The predicted molar refractivity (Wildman–Crippen MR) is 74.2 cm³/mol. The standard InChI is InChI=1S/C14H17FN2S/c1-3-4-12(16-2)14-6-5-13(18-14)10-7-11(15)9-17-8-10/h5-9,12,16H,3-4H2,1-2H3. The van der Waals surface area contributed by atoms with Crippen molar-refractivity contribution in [2.45, 2.75) is 25.8 Å². The SMILES string of the molecule is CCCC(NC)c1ccc(-c2cncc(F)c2)s1. The molecule has 0 saturated carbocycles. The lowest BCUT2D eigenvalue weighted by Gasteiger charge is -2.12. The highest BCUT2D eigenvalue weighted by molar-refractivity contribution is 7.15. The first-order valence-corrected chi connectivity index (χ1v) is 6.94. The van der Waals surface area contributed by atoms with Crippen LogP contribution in [0.4, 0.5) is 4.39 Å². The minimum absolute atomic E-state index is 0.291. The fourth-order valence-electron chi connectivity index (χ4n) is 1.96. The van der Waals surface area contributed by atoms with Crippen molar-refractivity contribution in [3.05, 3.63) is 41.3 Å². The molecule has 1 atom stereocenters. The first-order chi connectivity index (χ1) is 8.74. The van der Waals surface area contributed by atoms with E-state index in [-0.39, 0.29) is 5.82 Å². The highest BCUT2D eigenvalue weighted by atomic mass is 32.1. The summed E-state index contributed by atoms with van der Waals surface area (Å²) < 4.78 is 13.1. The molecule has 0 aliphatic rings. The number of hydrogen-bond donors (Lipinski definition) is 1. The van der Waals surface area contributed by atoms with Crippen molar-refractivity contribution in [3.8, 4) is 10.4 Å². The molecule has 0 aliphatic heterocycles. The lowest BCUT2D eigenvalue weighted by molar-refractivity contribution is 0.550. The Labute approximate surface area is 111 Å². The van der Waals surface area contributed by atoms with Crippen LogP contribution in [-0.4, -0.2) is 12.0 Å². The molecule has 4 heteroatoms. The maximum absolute atomic E-state index is 13.1. The Hall–Kier alpha value is -1.26. The molecule has 2 rings (SSSR count). The molecule has 2 heterocycles. The molecule has 2 aromatic heterocycles. The van der Waals surface area contributed by atoms with Gasteiger partial charge < -0.3 is 5.32 Å². The number of aromatic nitrogens is 1. The van der Waals surface area contributed by atoms with Crippen LogP contribution in [0, 0.1) is 5.82 Å². The number of rotatable bonds is 5. The van der Waals surface area contributed by atoms with Crippen LogP contribution in [0.25, 0.3) is 10.4 Å². The average molecular weight is 264 g/mol. The van der Waals surface area contributed by atoms with Gasteiger partial charge in [-0.1, -0.05) is 13.3 Å². The van der Waals surface area contributed by atoms with Gasteiger partial charge in [0.15, 0.2) is 0 Å². The van der Waals surface area contributed by atoms with Crippen molar-refractivity contribution in [2.75, 3.05) is 7.05 Å². The summed E-state index contributed by atoms with van der Waals surface area (Å²) in [5, 5.41) is 3.32. The number of hydrogen-bond acceptors (Lipinski definition) is 3. The maximum Gasteiger partial charge on any atom is 0.142 e. The van der Waals surface area contributed by atoms with Crippen LogP contribution < -0.4 is 5.32 Å². The van der Waals surface area contributed by atoms with Crippen LogP contribution in [0.15, 0.2) is 30.6 Å². The Morgan fingerprint density at radius 1 is 1.39 bits per heavy atom. The monoisotopic (exact) mass is 264 g/mol. The zero-order valence-corrected chi connectivity index (χ0v) is 11.4. The van der Waals surface area contributed by atoms with Gasteiger partial charge in [-0.15, -0.1) is 11.3 Å². The molecule has 1 unspecified atom stereocenters. The second kappa shape index (κ2) is 6.07. The fraction of sp³-hybridized carbons (Fsp3) is 0.357. The third kappa shape index (κ3) is 2.94. The Morgan fingerprint density at radius 3 is 2.89 bits per heavy atom. The van der Waals surface area contributed by atoms with Gasteiger partial charge in [0.2, 0.25) is 0 Å². The van der Waals surface area contributed by atoms with E-state index in [1.54, 1.807) is 17.5 Å². The van der Waals surface area contributed by atoms with Gasteiger partial charge in [0.25, 0.3) is 0 Å². The molecule has 0 bridgehead atoms. The van der Waals surface area contributed by atoms with Gasteiger partial charge >= 0.3 is 0 Å². The molecule has 0 radical (unpaired) electrons. The van der Waals surface area contributed by atoms with E-state index in [2.05, 4.69) is 23.3 Å². The first-order valence-electron chi connectivity index (χ1n) is 6.12. The van der Waals surface area contributed by atoms with Gasteiger partial charge in [-0.3, -0.25) is 4.98 Å². The summed E-state index contributed by atoms with van der Waals surface area (Å²) in [5.74, 6) is -0.291. The van der Waals surface area contributed by atoms with E-state index in [0.717, 1.165) is 23.3 Å². The minimum atomic E-state index is -0.291. The molecule has 2 nitrogen and oxygen atoms in total. The summed E-state index contributed by atoms with van der Waals surface area (Å²) in [5.41, 5.74) is 0.845. The normalized spacial score (nSPS) is 12.6. The van der Waals surface area contributed by atoms with Gasteiger partial charge in [0.1, 0.15) is 5.82 Å². The molecule has 0 aromatic carbocycles. The lowest BCUT2D eigenvalue weighted by Crippen LogP contribution is -2.14. The number of halogens is 1. The molecule has 0 aliphatic carbocycles. The number of thiophene rings is 1. The second-order valence-electron chi connectivity index (χ2n) is 4.22. The molecule has 18 heavy (non-hydrogen) atoms. The fourth-order valence-corrected chi connectivity index (χ4v) is 3.09. The Bertz CT molecular complexity index is 510. The summed E-state index contributed by atoms with van der Waals surface area (Å²) in [6.07, 6.45) is 5.18. The predicted octanol–water partition coefficient (Wildman–Crippen LogP) is 4.01. The summed E-state index contributed by atoms with van der Waals surface area (Å²) in [7, 11) is 1.98. The molecule has 0 saturated heterocycles. The summed E-state index contributed by atoms with van der Waals surface area (Å²) in [6, 6.07) is 6.06. The maximum atomic E-state index is 13.1. The van der Waals surface area contributed by atoms with E-state index < -0.39 is 0 Å². The number of pyridine rings is 1. The van der Waals surface area contributed by atoms with Crippen LogP contribution >= 0.6 is 11.3 Å². The first kappa shape index (κ1) is 13.2. The molecule has 2 aromatic rings. The summed E-state index contributed by atoms with van der Waals surface area (Å²) in [4.78, 5) is 6.24. The number of nitrogens with one attached hydrogen (secondary N) is 1. The van der Waals surface area contributed by atoms with Crippen molar-refractivity contribution < 1.29 is 4.39 Å². The zero-order chi connectivity index (χ0) is 13.0. The van der Waals surface area contributed by atoms with Crippen LogP contribution in [0.2, 0.25) is 0 Å². The van der Waals surface area contributed by atoms with E-state index >= 15 is 0 Å². The average Bonchev–Trinajstić information content (AvgIpc) is 2.85. The van der Waals surface area contributed by atoms with Gasteiger partial charge in [0, 0.05) is 27.6 Å². The van der Waals surface area contributed by atoms with Crippen molar-refractivity contribution >= 4 is 11.3 Å². The van der Waals surface area contributed by atoms with Gasteiger partial charge in [-0.2, -0.15) is 0 Å². The Balaban J connectivity index is 2.24. The highest BCUT2D eigenvalue weighted by Crippen LogP contribution is 2.32. The van der Waals surface area contributed by atoms with Crippen LogP contribution in [0.3, 0.4) is 0 Å². The summed E-state index contributed by atoms with van der Waals surface area (Å²) >= 11 is 1.70. The largest absolute Gasteiger partial charge is 0.312 e. The smallest absolute Gasteiger partial charge is 0.142 e. The van der Waals surface area contributed by atoms with E-state index in [1.165, 1.54) is 17.1 Å².